The molecule has 0 unspecified atom stereocenters. The fraction of sp³-hybridized carbons (Fsp3) is 0.0417. The van der Waals surface area contributed by atoms with Crippen molar-refractivity contribution in [3.8, 4) is 11.1 Å². The summed E-state index contributed by atoms with van der Waals surface area (Å²) >= 11 is 0. The average molecular weight is 323 g/mol. The highest BCUT2D eigenvalue weighted by Crippen LogP contribution is 2.22. The molecule has 0 atom stereocenters. The molecule has 3 aromatic carbocycles. The van der Waals surface area contributed by atoms with E-state index in [1.165, 1.54) is 16.7 Å². The van der Waals surface area contributed by atoms with Crippen LogP contribution in [0.5, 0.6) is 0 Å². The van der Waals surface area contributed by atoms with Crippen LogP contribution in [-0.4, -0.2) is 6.21 Å². The molecule has 0 aromatic heterocycles. The molecule has 25 heavy (non-hydrogen) atoms. The van der Waals surface area contributed by atoms with Crippen LogP contribution in [0, 0.1) is 0 Å². The standard InChI is InChI=1S/C24H21N/c1-2-20(21-10-5-3-6-11-21)14-9-19-25-24-17-15-23(16-18-24)22-12-7-4-8-13-22/h2-8,10-19H,1,9H2/b20-14+,25-19?. The summed E-state index contributed by atoms with van der Waals surface area (Å²) in [7, 11) is 0. The maximum absolute atomic E-state index is 4.54. The molecule has 0 bridgehead atoms. The van der Waals surface area contributed by atoms with Gasteiger partial charge in [0.15, 0.2) is 0 Å². The minimum atomic E-state index is 0.774. The van der Waals surface area contributed by atoms with Crippen molar-refractivity contribution in [1.82, 2.24) is 0 Å². The van der Waals surface area contributed by atoms with Crippen LogP contribution >= 0.6 is 0 Å². The second-order valence-corrected chi connectivity index (χ2v) is 5.69. The smallest absolute Gasteiger partial charge is 0.0626 e. The van der Waals surface area contributed by atoms with Gasteiger partial charge in [0.05, 0.1) is 5.69 Å². The van der Waals surface area contributed by atoms with E-state index in [0.717, 1.165) is 17.7 Å². The van der Waals surface area contributed by atoms with Crippen LogP contribution in [0.2, 0.25) is 0 Å². The van der Waals surface area contributed by atoms with Crippen LogP contribution in [0.25, 0.3) is 16.7 Å². The molecule has 0 aliphatic rings. The fourth-order valence-corrected chi connectivity index (χ4v) is 2.66. The molecule has 0 fully saturated rings. The van der Waals surface area contributed by atoms with E-state index in [2.05, 4.69) is 66.2 Å². The second-order valence-electron chi connectivity index (χ2n) is 5.69. The summed E-state index contributed by atoms with van der Waals surface area (Å²) in [5.74, 6) is 0. The maximum atomic E-state index is 4.54. The van der Waals surface area contributed by atoms with Crippen molar-refractivity contribution in [2.45, 2.75) is 6.42 Å². The lowest BCUT2D eigenvalue weighted by Crippen LogP contribution is -1.81. The van der Waals surface area contributed by atoms with Gasteiger partial charge >= 0.3 is 0 Å². The van der Waals surface area contributed by atoms with Gasteiger partial charge in [-0.15, -0.1) is 0 Å². The Morgan fingerprint density at radius 1 is 0.760 bits per heavy atom. The van der Waals surface area contributed by atoms with E-state index < -0.39 is 0 Å². The lowest BCUT2D eigenvalue weighted by atomic mass is 10.1. The predicted octanol–water partition coefficient (Wildman–Crippen LogP) is 6.72. The van der Waals surface area contributed by atoms with Crippen LogP contribution < -0.4 is 0 Å². The van der Waals surface area contributed by atoms with Gasteiger partial charge in [-0.1, -0.05) is 91.5 Å². The zero-order valence-electron chi connectivity index (χ0n) is 14.2. The van der Waals surface area contributed by atoms with Crippen LogP contribution in [0.15, 0.2) is 109 Å². The van der Waals surface area contributed by atoms with Crippen LogP contribution in [0.3, 0.4) is 0 Å². The summed E-state index contributed by atoms with van der Waals surface area (Å²) in [4.78, 5) is 4.54. The summed E-state index contributed by atoms with van der Waals surface area (Å²) in [5, 5.41) is 0. The zero-order valence-corrected chi connectivity index (χ0v) is 14.2. The summed E-state index contributed by atoms with van der Waals surface area (Å²) in [6.45, 7) is 3.90. The largest absolute Gasteiger partial charge is 0.261 e. The Morgan fingerprint density at radius 2 is 1.36 bits per heavy atom. The Balaban J connectivity index is 1.64. The van der Waals surface area contributed by atoms with E-state index in [9.17, 15) is 0 Å². The van der Waals surface area contributed by atoms with Gasteiger partial charge in [-0.05, 0) is 34.4 Å². The Labute approximate surface area is 149 Å². The van der Waals surface area contributed by atoms with Crippen LogP contribution in [-0.2, 0) is 0 Å². The predicted molar refractivity (Wildman–Crippen MR) is 109 cm³/mol. The first-order valence-corrected chi connectivity index (χ1v) is 8.43. The Bertz CT molecular complexity index is 857. The van der Waals surface area contributed by atoms with Crippen molar-refractivity contribution in [1.29, 1.82) is 0 Å². The molecule has 0 saturated carbocycles. The van der Waals surface area contributed by atoms with E-state index >= 15 is 0 Å². The Morgan fingerprint density at radius 3 is 2.00 bits per heavy atom. The topological polar surface area (TPSA) is 12.4 Å². The highest BCUT2D eigenvalue weighted by molar-refractivity contribution is 5.77. The van der Waals surface area contributed by atoms with Crippen LogP contribution in [0.1, 0.15) is 12.0 Å². The van der Waals surface area contributed by atoms with Crippen molar-refractivity contribution in [2.75, 3.05) is 0 Å². The molecule has 0 aliphatic heterocycles. The first-order chi connectivity index (χ1) is 12.4. The molecule has 3 aromatic rings. The number of hydrogen-bond donors (Lipinski definition) is 0. The van der Waals surface area contributed by atoms with Gasteiger partial charge in [0.2, 0.25) is 0 Å². The Hall–Kier alpha value is -3.19. The molecule has 0 saturated heterocycles. The molecule has 0 N–H and O–H groups in total. The maximum Gasteiger partial charge on any atom is 0.0626 e. The van der Waals surface area contributed by atoms with Crippen molar-refractivity contribution in [3.05, 3.63) is 109 Å². The SMILES string of the molecule is C=C/C(=C\CC=Nc1ccc(-c2ccccc2)cc1)c1ccccc1. The fourth-order valence-electron chi connectivity index (χ4n) is 2.66. The van der Waals surface area contributed by atoms with Crippen LogP contribution in [0.4, 0.5) is 5.69 Å². The first kappa shape index (κ1) is 16.7. The van der Waals surface area contributed by atoms with Crippen molar-refractivity contribution >= 4 is 17.5 Å². The number of nitrogens with zero attached hydrogens (tertiary/aromatic N) is 1. The molecule has 0 heterocycles. The molecule has 0 amide bonds. The quantitative estimate of drug-likeness (QED) is 0.353. The first-order valence-electron chi connectivity index (χ1n) is 8.43. The minimum Gasteiger partial charge on any atom is -0.261 e. The molecule has 1 heteroatoms. The van der Waals surface area contributed by atoms with Crippen molar-refractivity contribution in [3.63, 3.8) is 0 Å². The van der Waals surface area contributed by atoms with E-state index in [-0.39, 0.29) is 0 Å². The van der Waals surface area contributed by atoms with Gasteiger partial charge in [0, 0.05) is 12.6 Å². The van der Waals surface area contributed by atoms with Gasteiger partial charge < -0.3 is 0 Å². The summed E-state index contributed by atoms with van der Waals surface area (Å²) in [6.07, 6.45) is 6.74. The van der Waals surface area contributed by atoms with Gasteiger partial charge in [-0.2, -0.15) is 0 Å². The van der Waals surface area contributed by atoms with E-state index in [4.69, 9.17) is 0 Å². The highest BCUT2D eigenvalue weighted by atomic mass is 14.7. The number of hydrogen-bond acceptors (Lipinski definition) is 1. The number of aliphatic imine (C=N–C) groups is 1. The molecule has 122 valence electrons. The van der Waals surface area contributed by atoms with Crippen molar-refractivity contribution in [2.24, 2.45) is 4.99 Å². The van der Waals surface area contributed by atoms with E-state index in [1.807, 2.05) is 48.7 Å². The summed E-state index contributed by atoms with van der Waals surface area (Å²) < 4.78 is 0. The molecular weight excluding hydrogens is 302 g/mol. The molecule has 0 spiro atoms. The summed E-state index contributed by atoms with van der Waals surface area (Å²) in [5.41, 5.74) is 5.70. The van der Waals surface area contributed by atoms with Gasteiger partial charge in [0.1, 0.15) is 0 Å². The molecule has 0 aliphatic carbocycles. The van der Waals surface area contributed by atoms with Gasteiger partial charge in [-0.25, -0.2) is 0 Å². The third kappa shape index (κ3) is 4.65. The molecule has 3 rings (SSSR count). The highest BCUT2D eigenvalue weighted by Gasteiger charge is 1.96. The molecular formula is C24H21N. The third-order valence-electron chi connectivity index (χ3n) is 3.98. The number of benzene rings is 3. The Kier molecular flexibility index (Phi) is 5.73. The molecule has 1 nitrogen and oxygen atoms in total. The third-order valence-corrected chi connectivity index (χ3v) is 3.98. The van der Waals surface area contributed by atoms with Gasteiger partial charge in [0.25, 0.3) is 0 Å². The minimum absolute atomic E-state index is 0.774. The number of rotatable bonds is 6. The molecule has 0 radical (unpaired) electrons. The lowest BCUT2D eigenvalue weighted by Gasteiger charge is -2.02. The second kappa shape index (κ2) is 8.60. The number of allylic oxidation sites excluding steroid dienone is 3. The van der Waals surface area contributed by atoms with Crippen molar-refractivity contribution < 1.29 is 0 Å². The monoisotopic (exact) mass is 323 g/mol. The van der Waals surface area contributed by atoms with E-state index in [1.54, 1.807) is 0 Å². The summed E-state index contributed by atoms with van der Waals surface area (Å²) in [6, 6.07) is 29.0. The van der Waals surface area contributed by atoms with Gasteiger partial charge in [-0.3, -0.25) is 4.99 Å². The average Bonchev–Trinajstić information content (AvgIpc) is 2.70. The zero-order chi connectivity index (χ0) is 17.3. The normalized spacial score (nSPS) is 11.6. The lowest BCUT2D eigenvalue weighted by molar-refractivity contribution is 1.45. The van der Waals surface area contributed by atoms with E-state index in [0.29, 0.717) is 0 Å².